The Morgan fingerprint density at radius 2 is 2.00 bits per heavy atom. The summed E-state index contributed by atoms with van der Waals surface area (Å²) in [5.41, 5.74) is 2.28. The van der Waals surface area contributed by atoms with Crippen molar-refractivity contribution in [2.45, 2.75) is 45.2 Å². The molecule has 1 aromatic carbocycles. The van der Waals surface area contributed by atoms with Crippen molar-refractivity contribution in [1.82, 2.24) is 10.2 Å². The summed E-state index contributed by atoms with van der Waals surface area (Å²) in [6, 6.07) is 5.33. The lowest BCUT2D eigenvalue weighted by Crippen LogP contribution is -2.57. The second kappa shape index (κ2) is 6.49. The quantitative estimate of drug-likeness (QED) is 0.851. The molecule has 0 amide bonds. The molecule has 0 radical (unpaired) electrons. The van der Waals surface area contributed by atoms with Crippen LogP contribution in [0.5, 0.6) is 0 Å². The van der Waals surface area contributed by atoms with Crippen molar-refractivity contribution in [1.29, 1.82) is 0 Å². The molecule has 1 N–H and O–H groups in total. The molecule has 0 fully saturated rings. The van der Waals surface area contributed by atoms with Gasteiger partial charge >= 0.3 is 0 Å². The van der Waals surface area contributed by atoms with Crippen LogP contribution in [0.4, 0.5) is 4.39 Å². The molecule has 3 heteroatoms. The second-order valence-electron chi connectivity index (χ2n) is 5.72. The third kappa shape index (κ3) is 3.54. The van der Waals surface area contributed by atoms with Gasteiger partial charge in [-0.1, -0.05) is 13.0 Å². The van der Waals surface area contributed by atoms with E-state index in [0.717, 1.165) is 24.0 Å². The van der Waals surface area contributed by atoms with Gasteiger partial charge in [0.15, 0.2) is 0 Å². The molecule has 0 spiro atoms. The number of nitrogens with zero attached hydrogens (tertiary/aromatic N) is 1. The minimum absolute atomic E-state index is 0.0491. The summed E-state index contributed by atoms with van der Waals surface area (Å²) in [7, 11) is 6.19. The van der Waals surface area contributed by atoms with Crippen LogP contribution >= 0.6 is 0 Å². The van der Waals surface area contributed by atoms with Crippen molar-refractivity contribution in [2.75, 3.05) is 21.1 Å². The Hall–Kier alpha value is -0.930. The minimum atomic E-state index is -0.154. The number of hydrogen-bond acceptors (Lipinski definition) is 2. The summed E-state index contributed by atoms with van der Waals surface area (Å²) >= 11 is 0. The van der Waals surface area contributed by atoms with Crippen molar-refractivity contribution in [3.8, 4) is 0 Å². The van der Waals surface area contributed by atoms with Crippen LogP contribution in [0.3, 0.4) is 0 Å². The molecule has 0 heterocycles. The number of benzene rings is 1. The zero-order valence-corrected chi connectivity index (χ0v) is 13.0. The topological polar surface area (TPSA) is 15.3 Å². The Bertz CT molecular complexity index is 417. The maximum Gasteiger partial charge on any atom is 0.123 e. The van der Waals surface area contributed by atoms with E-state index < -0.39 is 0 Å². The van der Waals surface area contributed by atoms with Gasteiger partial charge in [0.25, 0.3) is 0 Å². The molecule has 0 saturated carbocycles. The first-order valence-corrected chi connectivity index (χ1v) is 6.94. The summed E-state index contributed by atoms with van der Waals surface area (Å²) in [6.45, 7) is 6.49. The number of aryl methyl sites for hydroxylation is 1. The van der Waals surface area contributed by atoms with E-state index in [1.165, 1.54) is 6.07 Å². The van der Waals surface area contributed by atoms with Crippen molar-refractivity contribution in [3.63, 3.8) is 0 Å². The molecule has 0 bridgehead atoms. The predicted octanol–water partition coefficient (Wildman–Crippen LogP) is 2.99. The van der Waals surface area contributed by atoms with E-state index in [-0.39, 0.29) is 17.4 Å². The first-order chi connectivity index (χ1) is 8.85. The molecular formula is C16H27FN2. The standard InChI is InChI=1S/C16H27FN2/c1-7-16(3,19(5)6)15(18-4)11-13-10-14(17)9-8-12(13)2/h8-10,15,18H,7,11H2,1-6H3. The molecule has 2 atom stereocenters. The highest BCUT2D eigenvalue weighted by Crippen LogP contribution is 2.25. The Balaban J connectivity index is 3.02. The fourth-order valence-electron chi connectivity index (χ4n) is 2.59. The maximum absolute atomic E-state index is 13.4. The number of halogens is 1. The average molecular weight is 266 g/mol. The monoisotopic (exact) mass is 266 g/mol. The van der Waals surface area contributed by atoms with Crippen LogP contribution in [0.2, 0.25) is 0 Å². The third-order valence-electron chi connectivity index (χ3n) is 4.57. The van der Waals surface area contributed by atoms with Gasteiger partial charge in [-0.15, -0.1) is 0 Å². The molecule has 0 aliphatic rings. The van der Waals surface area contributed by atoms with Gasteiger partial charge < -0.3 is 10.2 Å². The van der Waals surface area contributed by atoms with Gasteiger partial charge in [-0.3, -0.25) is 0 Å². The third-order valence-corrected chi connectivity index (χ3v) is 4.57. The van der Waals surface area contributed by atoms with Crippen molar-refractivity contribution >= 4 is 0 Å². The highest BCUT2D eigenvalue weighted by atomic mass is 19.1. The number of nitrogens with one attached hydrogen (secondary N) is 1. The molecule has 0 aromatic heterocycles. The van der Waals surface area contributed by atoms with Crippen molar-refractivity contribution in [3.05, 3.63) is 35.1 Å². The first-order valence-electron chi connectivity index (χ1n) is 6.94. The summed E-state index contributed by atoms with van der Waals surface area (Å²) < 4.78 is 13.4. The number of hydrogen-bond donors (Lipinski definition) is 1. The number of rotatable bonds is 6. The molecule has 2 unspecified atom stereocenters. The van der Waals surface area contributed by atoms with E-state index in [1.807, 2.05) is 20.0 Å². The highest BCUT2D eigenvalue weighted by molar-refractivity contribution is 5.28. The molecule has 1 rings (SSSR count). The van der Waals surface area contributed by atoms with Crippen LogP contribution in [0.25, 0.3) is 0 Å². The van der Waals surface area contributed by atoms with Crippen LogP contribution in [0.15, 0.2) is 18.2 Å². The van der Waals surface area contributed by atoms with Gasteiger partial charge in [-0.2, -0.15) is 0 Å². The van der Waals surface area contributed by atoms with E-state index in [9.17, 15) is 4.39 Å². The maximum atomic E-state index is 13.4. The van der Waals surface area contributed by atoms with Crippen LogP contribution in [0.1, 0.15) is 31.4 Å². The Labute approximate surface area is 117 Å². The van der Waals surface area contributed by atoms with Gasteiger partial charge in [0.1, 0.15) is 5.82 Å². The predicted molar refractivity (Wildman–Crippen MR) is 80.1 cm³/mol. The fraction of sp³-hybridized carbons (Fsp3) is 0.625. The Morgan fingerprint density at radius 1 is 1.37 bits per heavy atom. The van der Waals surface area contributed by atoms with Gasteiger partial charge in [-0.25, -0.2) is 4.39 Å². The molecule has 19 heavy (non-hydrogen) atoms. The zero-order chi connectivity index (χ0) is 14.6. The normalized spacial score (nSPS) is 16.4. The molecule has 1 aromatic rings. The first kappa shape index (κ1) is 16.1. The molecule has 108 valence electrons. The largest absolute Gasteiger partial charge is 0.315 e. The summed E-state index contributed by atoms with van der Waals surface area (Å²) in [4.78, 5) is 2.25. The summed E-state index contributed by atoms with van der Waals surface area (Å²) in [6.07, 6.45) is 1.88. The molecule has 2 nitrogen and oxygen atoms in total. The van der Waals surface area contributed by atoms with Crippen LogP contribution in [-0.2, 0) is 6.42 Å². The van der Waals surface area contributed by atoms with Crippen LogP contribution in [-0.4, -0.2) is 37.6 Å². The zero-order valence-electron chi connectivity index (χ0n) is 13.0. The second-order valence-corrected chi connectivity index (χ2v) is 5.72. The lowest BCUT2D eigenvalue weighted by Gasteiger charge is -2.43. The van der Waals surface area contributed by atoms with E-state index in [2.05, 4.69) is 38.2 Å². The minimum Gasteiger partial charge on any atom is -0.315 e. The fourth-order valence-corrected chi connectivity index (χ4v) is 2.59. The van der Waals surface area contributed by atoms with Crippen molar-refractivity contribution in [2.24, 2.45) is 0 Å². The van der Waals surface area contributed by atoms with Crippen molar-refractivity contribution < 1.29 is 4.39 Å². The molecule has 0 saturated heterocycles. The van der Waals surface area contributed by atoms with Gasteiger partial charge in [0, 0.05) is 11.6 Å². The molecular weight excluding hydrogens is 239 g/mol. The smallest absolute Gasteiger partial charge is 0.123 e. The number of likely N-dealkylation sites (N-methyl/N-ethyl adjacent to an activating group) is 2. The van der Waals surface area contributed by atoms with E-state index in [0.29, 0.717) is 0 Å². The lowest BCUT2D eigenvalue weighted by molar-refractivity contribution is 0.116. The molecule has 0 aliphatic heterocycles. The molecule has 0 aliphatic carbocycles. The summed E-state index contributed by atoms with van der Waals surface area (Å²) in [5.74, 6) is -0.154. The highest BCUT2D eigenvalue weighted by Gasteiger charge is 2.33. The van der Waals surface area contributed by atoms with Crippen LogP contribution in [0, 0.1) is 12.7 Å². The van der Waals surface area contributed by atoms with Crippen LogP contribution < -0.4 is 5.32 Å². The summed E-state index contributed by atoms with van der Waals surface area (Å²) in [5, 5.41) is 3.41. The van der Waals surface area contributed by atoms with E-state index in [4.69, 9.17) is 0 Å². The Kier molecular flexibility index (Phi) is 5.50. The Morgan fingerprint density at radius 3 is 2.47 bits per heavy atom. The van der Waals surface area contributed by atoms with Gasteiger partial charge in [0.2, 0.25) is 0 Å². The van der Waals surface area contributed by atoms with E-state index in [1.54, 1.807) is 6.07 Å². The van der Waals surface area contributed by atoms with Gasteiger partial charge in [-0.05, 0) is 71.1 Å². The lowest BCUT2D eigenvalue weighted by atomic mass is 9.83. The SMILES string of the molecule is CCC(C)(C(Cc1cc(F)ccc1C)NC)N(C)C. The average Bonchev–Trinajstić information content (AvgIpc) is 2.38. The van der Waals surface area contributed by atoms with Gasteiger partial charge in [0.05, 0.1) is 0 Å². The van der Waals surface area contributed by atoms with E-state index >= 15 is 0 Å².